The van der Waals surface area contributed by atoms with Crippen LogP contribution in [0.3, 0.4) is 0 Å². The minimum atomic E-state index is -3.24. The zero-order valence-corrected chi connectivity index (χ0v) is 18.0. The van der Waals surface area contributed by atoms with Crippen LogP contribution in [0.4, 0.5) is 0 Å². The summed E-state index contributed by atoms with van der Waals surface area (Å²) < 4.78 is 29.2. The molecule has 2 atom stereocenters. The first-order valence-corrected chi connectivity index (χ1v) is 11.4. The van der Waals surface area contributed by atoms with Crippen LogP contribution < -0.4 is 10.1 Å². The lowest BCUT2D eigenvalue weighted by Gasteiger charge is -2.23. The third-order valence-electron chi connectivity index (χ3n) is 4.70. The fourth-order valence-electron chi connectivity index (χ4n) is 3.04. The van der Waals surface area contributed by atoms with Gasteiger partial charge in [0.15, 0.2) is 15.9 Å². The number of nitrogens with one attached hydrogen (secondary N) is 1. The van der Waals surface area contributed by atoms with E-state index >= 15 is 0 Å². The van der Waals surface area contributed by atoms with Gasteiger partial charge in [0.2, 0.25) is 0 Å². The molecule has 2 aromatic carbocycles. The molecule has 0 aliphatic carbocycles. The maximum Gasteiger partial charge on any atom is 0.261 e. The molecule has 2 aromatic rings. The number of ether oxygens (including phenoxy) is 1. The summed E-state index contributed by atoms with van der Waals surface area (Å²) in [5.74, 6) is 0.527. The van der Waals surface area contributed by atoms with Crippen molar-refractivity contribution in [2.45, 2.75) is 57.6 Å². The summed E-state index contributed by atoms with van der Waals surface area (Å²) in [6.45, 7) is 7.86. The highest BCUT2D eigenvalue weighted by Gasteiger charge is 2.22. The zero-order chi connectivity index (χ0) is 20.9. The van der Waals surface area contributed by atoms with Crippen LogP contribution in [0, 0.1) is 13.8 Å². The van der Waals surface area contributed by atoms with Crippen molar-refractivity contribution in [2.75, 3.05) is 6.26 Å². The van der Waals surface area contributed by atoms with E-state index in [4.69, 9.17) is 4.74 Å². The molecule has 0 saturated carbocycles. The van der Waals surface area contributed by atoms with E-state index in [0.29, 0.717) is 18.6 Å². The summed E-state index contributed by atoms with van der Waals surface area (Å²) in [6.07, 6.45) is 1.81. The Labute approximate surface area is 168 Å². The molecule has 0 saturated heterocycles. The third kappa shape index (κ3) is 5.58. The van der Waals surface area contributed by atoms with Gasteiger partial charge >= 0.3 is 0 Å². The van der Waals surface area contributed by atoms with Crippen LogP contribution in [0.5, 0.6) is 5.75 Å². The average molecular weight is 404 g/mol. The molecule has 152 valence electrons. The van der Waals surface area contributed by atoms with Crippen molar-refractivity contribution in [3.05, 3.63) is 59.2 Å². The molecule has 0 bridgehead atoms. The Morgan fingerprint density at radius 3 is 2.18 bits per heavy atom. The Hall–Kier alpha value is -2.34. The Kier molecular flexibility index (Phi) is 7.24. The van der Waals surface area contributed by atoms with Crippen molar-refractivity contribution in [2.24, 2.45) is 0 Å². The molecular weight excluding hydrogens is 374 g/mol. The Morgan fingerprint density at radius 1 is 1.04 bits per heavy atom. The molecule has 5 nitrogen and oxygen atoms in total. The topological polar surface area (TPSA) is 72.5 Å². The highest BCUT2D eigenvalue weighted by molar-refractivity contribution is 7.90. The summed E-state index contributed by atoms with van der Waals surface area (Å²) in [6, 6.07) is 12.3. The van der Waals surface area contributed by atoms with E-state index in [1.807, 2.05) is 45.9 Å². The standard InChI is InChI=1S/C22H29NO4S/c1-6-19(17-9-11-18(12-10-17)28(5,25)26)23-22(24)20(7-2)27-21-13-8-15(3)14-16(21)4/h8-14,19-20H,6-7H2,1-5H3,(H,23,24)/t19-,20+/m0/s1. The van der Waals surface area contributed by atoms with Gasteiger partial charge in [-0.05, 0) is 56.0 Å². The predicted octanol–water partition coefficient (Wildman–Crippen LogP) is 4.13. The largest absolute Gasteiger partial charge is 0.480 e. The SMILES string of the molecule is CC[C@H](NC(=O)[C@@H](CC)Oc1ccc(C)cc1C)c1ccc(S(C)(=O)=O)cc1. The first-order valence-electron chi connectivity index (χ1n) is 9.50. The van der Waals surface area contributed by atoms with Gasteiger partial charge in [0.25, 0.3) is 5.91 Å². The number of carbonyl (C=O) groups excluding carboxylic acids is 1. The molecule has 1 N–H and O–H groups in total. The molecular formula is C22H29NO4S. The van der Waals surface area contributed by atoms with E-state index < -0.39 is 15.9 Å². The minimum absolute atomic E-state index is 0.179. The van der Waals surface area contributed by atoms with Crippen LogP contribution in [-0.2, 0) is 14.6 Å². The normalized spacial score (nSPS) is 13.6. The van der Waals surface area contributed by atoms with Crippen molar-refractivity contribution in [1.82, 2.24) is 5.32 Å². The highest BCUT2D eigenvalue weighted by atomic mass is 32.2. The predicted molar refractivity (Wildman–Crippen MR) is 111 cm³/mol. The minimum Gasteiger partial charge on any atom is -0.480 e. The van der Waals surface area contributed by atoms with E-state index in [2.05, 4.69) is 5.32 Å². The lowest BCUT2D eigenvalue weighted by atomic mass is 10.0. The number of amides is 1. The average Bonchev–Trinajstić information content (AvgIpc) is 2.64. The highest BCUT2D eigenvalue weighted by Crippen LogP contribution is 2.23. The van der Waals surface area contributed by atoms with E-state index in [1.165, 1.54) is 6.26 Å². The van der Waals surface area contributed by atoms with Crippen molar-refractivity contribution < 1.29 is 17.9 Å². The molecule has 0 unspecified atom stereocenters. The van der Waals surface area contributed by atoms with Crippen LogP contribution in [0.25, 0.3) is 0 Å². The van der Waals surface area contributed by atoms with Gasteiger partial charge in [0, 0.05) is 6.26 Å². The van der Waals surface area contributed by atoms with Crippen molar-refractivity contribution >= 4 is 15.7 Å². The van der Waals surface area contributed by atoms with E-state index in [-0.39, 0.29) is 16.8 Å². The van der Waals surface area contributed by atoms with Gasteiger partial charge in [-0.1, -0.05) is 43.7 Å². The van der Waals surface area contributed by atoms with Crippen molar-refractivity contribution in [3.8, 4) is 5.75 Å². The molecule has 0 spiro atoms. The number of rotatable bonds is 8. The fourth-order valence-corrected chi connectivity index (χ4v) is 3.67. The zero-order valence-electron chi connectivity index (χ0n) is 17.2. The van der Waals surface area contributed by atoms with Crippen molar-refractivity contribution in [3.63, 3.8) is 0 Å². The van der Waals surface area contributed by atoms with E-state index in [9.17, 15) is 13.2 Å². The number of sulfone groups is 1. The Bertz CT molecular complexity index is 920. The van der Waals surface area contributed by atoms with Gasteiger partial charge in [0.05, 0.1) is 10.9 Å². The number of hydrogen-bond donors (Lipinski definition) is 1. The Morgan fingerprint density at radius 2 is 1.68 bits per heavy atom. The second kappa shape index (κ2) is 9.24. The molecule has 6 heteroatoms. The third-order valence-corrected chi connectivity index (χ3v) is 5.83. The van der Waals surface area contributed by atoms with Gasteiger partial charge in [-0.3, -0.25) is 4.79 Å². The maximum absolute atomic E-state index is 12.8. The Balaban J connectivity index is 2.12. The first-order chi connectivity index (χ1) is 13.2. The molecule has 0 aliphatic rings. The van der Waals surface area contributed by atoms with Gasteiger partial charge in [-0.25, -0.2) is 8.42 Å². The number of benzene rings is 2. The molecule has 2 rings (SSSR count). The second-order valence-corrected chi connectivity index (χ2v) is 9.11. The number of carbonyl (C=O) groups is 1. The maximum atomic E-state index is 12.8. The van der Waals surface area contributed by atoms with E-state index in [1.54, 1.807) is 24.3 Å². The smallest absolute Gasteiger partial charge is 0.261 e. The summed E-state index contributed by atoms with van der Waals surface area (Å²) in [5.41, 5.74) is 3.00. The van der Waals surface area contributed by atoms with E-state index in [0.717, 1.165) is 16.7 Å². The van der Waals surface area contributed by atoms with Crippen LogP contribution in [-0.4, -0.2) is 26.7 Å². The molecule has 0 heterocycles. The lowest BCUT2D eigenvalue weighted by Crippen LogP contribution is -2.40. The summed E-state index contributed by atoms with van der Waals surface area (Å²) in [5, 5.41) is 3.03. The fraction of sp³-hybridized carbons (Fsp3) is 0.409. The molecule has 0 aromatic heterocycles. The molecule has 28 heavy (non-hydrogen) atoms. The first kappa shape index (κ1) is 22.0. The second-order valence-electron chi connectivity index (χ2n) is 7.09. The monoisotopic (exact) mass is 403 g/mol. The molecule has 0 radical (unpaired) electrons. The van der Waals surface area contributed by atoms with Gasteiger partial charge in [-0.2, -0.15) is 0 Å². The molecule has 1 amide bonds. The van der Waals surface area contributed by atoms with Gasteiger partial charge in [0.1, 0.15) is 5.75 Å². The lowest BCUT2D eigenvalue weighted by molar-refractivity contribution is -0.129. The van der Waals surface area contributed by atoms with Gasteiger partial charge in [-0.15, -0.1) is 0 Å². The quantitative estimate of drug-likeness (QED) is 0.719. The number of hydrogen-bond acceptors (Lipinski definition) is 4. The van der Waals surface area contributed by atoms with Crippen LogP contribution in [0.15, 0.2) is 47.4 Å². The molecule has 0 aliphatic heterocycles. The number of aryl methyl sites for hydroxylation is 2. The van der Waals surface area contributed by atoms with Gasteiger partial charge < -0.3 is 10.1 Å². The van der Waals surface area contributed by atoms with Crippen LogP contribution >= 0.6 is 0 Å². The summed E-state index contributed by atoms with van der Waals surface area (Å²) >= 11 is 0. The van der Waals surface area contributed by atoms with Crippen LogP contribution in [0.2, 0.25) is 0 Å². The molecule has 0 fully saturated rings. The van der Waals surface area contributed by atoms with Crippen molar-refractivity contribution in [1.29, 1.82) is 0 Å². The summed E-state index contributed by atoms with van der Waals surface area (Å²) in [4.78, 5) is 13.1. The summed E-state index contributed by atoms with van der Waals surface area (Å²) in [7, 11) is -3.24. The van der Waals surface area contributed by atoms with Crippen LogP contribution in [0.1, 0.15) is 49.4 Å².